The maximum absolute atomic E-state index is 13.8. The van der Waals surface area contributed by atoms with Gasteiger partial charge in [-0.15, -0.1) is 0 Å². The summed E-state index contributed by atoms with van der Waals surface area (Å²) in [6.07, 6.45) is 5.61. The van der Waals surface area contributed by atoms with Crippen molar-refractivity contribution in [1.82, 2.24) is 34.4 Å². The summed E-state index contributed by atoms with van der Waals surface area (Å²) in [5.41, 5.74) is 0.618. The number of fused-ring (bicyclic) bond motifs is 1. The van der Waals surface area contributed by atoms with Crippen molar-refractivity contribution in [3.05, 3.63) is 72.4 Å². The molecule has 202 valence electrons. The minimum Gasteiger partial charge on any atom is -0.434 e. The molecule has 1 atom stereocenters. The summed E-state index contributed by atoms with van der Waals surface area (Å²) in [4.78, 5) is 42.3. The molecule has 4 aromatic rings. The normalized spacial score (nSPS) is 16.2. The third kappa shape index (κ3) is 5.53. The average Bonchev–Trinajstić information content (AvgIpc) is 3.38. The molecule has 0 spiro atoms. The Labute approximate surface area is 222 Å². The lowest BCUT2D eigenvalue weighted by Gasteiger charge is -2.48. The predicted molar refractivity (Wildman–Crippen MR) is 136 cm³/mol. The molecule has 4 heterocycles. The van der Waals surface area contributed by atoms with E-state index in [9.17, 15) is 18.4 Å². The molecule has 0 aliphatic carbocycles. The van der Waals surface area contributed by atoms with E-state index in [4.69, 9.17) is 4.74 Å². The number of nitrogens with one attached hydrogen (secondary N) is 1. The number of benzene rings is 1. The summed E-state index contributed by atoms with van der Waals surface area (Å²) in [6.45, 7) is 7.11. The van der Waals surface area contributed by atoms with Gasteiger partial charge in [0.15, 0.2) is 23.0 Å². The highest BCUT2D eigenvalue weighted by atomic mass is 19.1. The van der Waals surface area contributed by atoms with Crippen molar-refractivity contribution < 1.29 is 23.1 Å². The summed E-state index contributed by atoms with van der Waals surface area (Å²) in [5, 5.41) is 6.82. The van der Waals surface area contributed by atoms with Gasteiger partial charge in [0.25, 0.3) is 5.91 Å². The molecule has 13 heteroatoms. The van der Waals surface area contributed by atoms with Crippen molar-refractivity contribution in [2.75, 3.05) is 25.0 Å². The number of aromatic nitrogens is 5. The van der Waals surface area contributed by atoms with Crippen molar-refractivity contribution in [3.63, 3.8) is 0 Å². The molecule has 3 aromatic heterocycles. The van der Waals surface area contributed by atoms with Gasteiger partial charge in [-0.3, -0.25) is 14.5 Å². The van der Waals surface area contributed by atoms with Crippen molar-refractivity contribution >= 4 is 23.3 Å². The van der Waals surface area contributed by atoms with E-state index in [1.54, 1.807) is 34.7 Å². The first-order valence-electron chi connectivity index (χ1n) is 12.2. The van der Waals surface area contributed by atoms with Crippen LogP contribution in [0.1, 0.15) is 31.1 Å². The van der Waals surface area contributed by atoms with Gasteiger partial charge in [-0.2, -0.15) is 5.10 Å². The van der Waals surface area contributed by atoms with Crippen LogP contribution in [-0.4, -0.2) is 77.4 Å². The van der Waals surface area contributed by atoms with Gasteiger partial charge in [0.05, 0.1) is 29.5 Å². The number of carbonyl (C=O) groups excluding carboxylic acids is 2. The van der Waals surface area contributed by atoms with Crippen LogP contribution < -0.4 is 10.1 Å². The van der Waals surface area contributed by atoms with E-state index in [1.807, 2.05) is 18.7 Å². The Kier molecular flexibility index (Phi) is 6.91. The number of hydrogen-bond acceptors (Lipinski definition) is 8. The van der Waals surface area contributed by atoms with Gasteiger partial charge in [-0.25, -0.2) is 28.2 Å². The van der Waals surface area contributed by atoms with Gasteiger partial charge in [0.1, 0.15) is 12.1 Å². The fourth-order valence-corrected chi connectivity index (χ4v) is 4.50. The molecule has 2 amide bonds. The van der Waals surface area contributed by atoms with Crippen LogP contribution in [0.5, 0.6) is 11.6 Å². The number of anilines is 1. The number of pyridine rings is 1. The first-order valence-corrected chi connectivity index (χ1v) is 12.2. The number of ether oxygens (including phenoxy) is 1. The molecule has 0 unspecified atom stereocenters. The number of hydrogen-bond donors (Lipinski definition) is 1. The maximum Gasteiger partial charge on any atom is 0.255 e. The van der Waals surface area contributed by atoms with Crippen molar-refractivity contribution in [2.45, 2.75) is 32.4 Å². The molecule has 1 aliphatic heterocycles. The molecule has 1 N–H and O–H groups in total. The Bertz CT molecular complexity index is 1530. The van der Waals surface area contributed by atoms with Gasteiger partial charge in [0.2, 0.25) is 11.8 Å². The molecule has 0 bridgehead atoms. The number of rotatable bonds is 6. The van der Waals surface area contributed by atoms with E-state index >= 15 is 0 Å². The summed E-state index contributed by atoms with van der Waals surface area (Å²) < 4.78 is 33.7. The lowest BCUT2D eigenvalue weighted by Crippen LogP contribution is -2.63. The number of nitrogens with zero attached hydrogens (tertiary/aromatic N) is 7. The van der Waals surface area contributed by atoms with E-state index in [0.717, 1.165) is 12.1 Å². The van der Waals surface area contributed by atoms with Crippen LogP contribution in [0.15, 0.2) is 55.2 Å². The molecule has 1 aromatic carbocycles. The molecular formula is C26H26F2N8O3. The van der Waals surface area contributed by atoms with E-state index in [0.29, 0.717) is 36.9 Å². The highest BCUT2D eigenvalue weighted by Crippen LogP contribution is 2.26. The highest BCUT2D eigenvalue weighted by Gasteiger charge is 2.39. The number of piperazine rings is 1. The maximum atomic E-state index is 13.8. The first-order chi connectivity index (χ1) is 18.6. The summed E-state index contributed by atoms with van der Waals surface area (Å²) in [6, 6.07) is 5.88. The second-order valence-corrected chi connectivity index (χ2v) is 9.80. The molecular weight excluding hydrogens is 510 g/mol. The van der Waals surface area contributed by atoms with Crippen LogP contribution in [0.4, 0.5) is 14.6 Å². The molecule has 11 nitrogen and oxygen atoms in total. The third-order valence-electron chi connectivity index (χ3n) is 6.61. The topological polar surface area (TPSA) is 118 Å². The Morgan fingerprint density at radius 3 is 2.62 bits per heavy atom. The summed E-state index contributed by atoms with van der Waals surface area (Å²) >= 11 is 0. The summed E-state index contributed by atoms with van der Waals surface area (Å²) in [5.74, 6) is -2.03. The Morgan fingerprint density at radius 2 is 1.90 bits per heavy atom. The zero-order chi connectivity index (χ0) is 27.7. The van der Waals surface area contributed by atoms with Crippen molar-refractivity contribution in [1.29, 1.82) is 0 Å². The Morgan fingerprint density at radius 1 is 1.08 bits per heavy atom. The number of amides is 2. The fourth-order valence-electron chi connectivity index (χ4n) is 4.50. The quantitative estimate of drug-likeness (QED) is 0.399. The first kappa shape index (κ1) is 26.1. The number of halogens is 2. The van der Waals surface area contributed by atoms with Crippen molar-refractivity contribution in [2.24, 2.45) is 0 Å². The van der Waals surface area contributed by atoms with Gasteiger partial charge in [0, 0.05) is 31.9 Å². The van der Waals surface area contributed by atoms with E-state index in [2.05, 4.69) is 25.4 Å². The van der Waals surface area contributed by atoms with Gasteiger partial charge < -0.3 is 15.0 Å². The average molecular weight is 537 g/mol. The fraction of sp³-hybridized carbons (Fsp3) is 0.308. The smallest absolute Gasteiger partial charge is 0.255 e. The lowest BCUT2D eigenvalue weighted by molar-refractivity contribution is -0.122. The summed E-state index contributed by atoms with van der Waals surface area (Å²) in [7, 11) is 0. The van der Waals surface area contributed by atoms with E-state index in [1.165, 1.54) is 18.7 Å². The standard InChI is InChI=1S/C26H26F2N8O3/c1-16(24(37)33-21-11-30-23(12-29-21)39-20-6-5-18(27)10-19(20)28)34-8-9-35(26(2,3)14-34)25(38)17-4-7-22-31-15-32-36(22)13-17/h4-7,10-13,15-16H,8-9,14H2,1-3H3,(H,29,33,37)/t16-/m0/s1. The molecule has 0 saturated carbocycles. The lowest BCUT2D eigenvalue weighted by atomic mass is 9.96. The minimum atomic E-state index is -0.871. The second kappa shape index (κ2) is 10.3. The molecule has 5 rings (SSSR count). The number of carbonyl (C=O) groups is 2. The monoisotopic (exact) mass is 536 g/mol. The van der Waals surface area contributed by atoms with Crippen LogP contribution in [-0.2, 0) is 4.79 Å². The van der Waals surface area contributed by atoms with Gasteiger partial charge >= 0.3 is 0 Å². The predicted octanol–water partition coefficient (Wildman–Crippen LogP) is 3.15. The molecule has 1 aliphatic rings. The van der Waals surface area contributed by atoms with Gasteiger partial charge in [-0.1, -0.05) is 0 Å². The zero-order valence-electron chi connectivity index (χ0n) is 21.5. The van der Waals surface area contributed by atoms with Crippen LogP contribution in [0.2, 0.25) is 0 Å². The molecule has 1 saturated heterocycles. The van der Waals surface area contributed by atoms with Crippen LogP contribution in [0.3, 0.4) is 0 Å². The Hall–Kier alpha value is -4.52. The molecule has 1 fully saturated rings. The Balaban J connectivity index is 1.19. The van der Waals surface area contributed by atoms with Crippen LogP contribution >= 0.6 is 0 Å². The molecule has 39 heavy (non-hydrogen) atoms. The third-order valence-corrected chi connectivity index (χ3v) is 6.61. The van der Waals surface area contributed by atoms with Crippen LogP contribution in [0.25, 0.3) is 5.65 Å². The molecule has 0 radical (unpaired) electrons. The highest BCUT2D eigenvalue weighted by molar-refractivity contribution is 5.95. The minimum absolute atomic E-state index is 0.0166. The van der Waals surface area contributed by atoms with E-state index in [-0.39, 0.29) is 29.3 Å². The van der Waals surface area contributed by atoms with Gasteiger partial charge in [-0.05, 0) is 45.0 Å². The largest absolute Gasteiger partial charge is 0.434 e. The SMILES string of the molecule is C[C@@H](C(=O)Nc1cnc(Oc2ccc(F)cc2F)cn1)N1CCN(C(=O)c2ccc3ncnn3c2)C(C)(C)C1. The second-order valence-electron chi connectivity index (χ2n) is 9.80. The van der Waals surface area contributed by atoms with Crippen molar-refractivity contribution in [3.8, 4) is 11.6 Å². The van der Waals surface area contributed by atoms with E-state index < -0.39 is 23.2 Å². The van der Waals surface area contributed by atoms with Crippen LogP contribution in [0, 0.1) is 11.6 Å². The zero-order valence-corrected chi connectivity index (χ0v) is 21.5.